The van der Waals surface area contributed by atoms with Crippen LogP contribution in [-0.2, 0) is 17.9 Å². The van der Waals surface area contributed by atoms with Crippen LogP contribution >= 0.6 is 0 Å². The molecule has 0 unspecified atom stereocenters. The van der Waals surface area contributed by atoms with E-state index < -0.39 is 0 Å². The lowest BCUT2D eigenvalue weighted by atomic mass is 9.99. The number of carbonyl (C=O) groups excluding carboxylic acids is 1. The molecule has 6 heteroatoms. The second kappa shape index (κ2) is 5.77. The zero-order chi connectivity index (χ0) is 12.1. The molecule has 1 saturated heterocycles. The molecule has 0 aliphatic carbocycles. The van der Waals surface area contributed by atoms with Crippen molar-refractivity contribution in [1.29, 1.82) is 0 Å². The van der Waals surface area contributed by atoms with Crippen molar-refractivity contribution in [3.8, 4) is 0 Å². The van der Waals surface area contributed by atoms with E-state index in [0.29, 0.717) is 6.54 Å². The molecule has 1 aliphatic rings. The smallest absolute Gasteiger partial charge is 0.224 e. The maximum atomic E-state index is 11.9. The Morgan fingerprint density at radius 3 is 3.29 bits per heavy atom. The summed E-state index contributed by atoms with van der Waals surface area (Å²) in [5, 5.41) is 14.0. The number of hydrogen-bond acceptors (Lipinski definition) is 4. The van der Waals surface area contributed by atoms with Gasteiger partial charge in [-0.2, -0.15) is 0 Å². The summed E-state index contributed by atoms with van der Waals surface area (Å²) < 4.78 is 1.93. The third-order valence-corrected chi connectivity index (χ3v) is 3.12. The topological polar surface area (TPSA) is 71.8 Å². The van der Waals surface area contributed by atoms with Crippen molar-refractivity contribution in [2.75, 3.05) is 13.1 Å². The van der Waals surface area contributed by atoms with E-state index in [-0.39, 0.29) is 11.8 Å². The Morgan fingerprint density at radius 2 is 2.59 bits per heavy atom. The summed E-state index contributed by atoms with van der Waals surface area (Å²) in [6.45, 7) is 5.12. The van der Waals surface area contributed by atoms with E-state index in [4.69, 9.17) is 0 Å². The summed E-state index contributed by atoms with van der Waals surface area (Å²) >= 11 is 0. The third-order valence-electron chi connectivity index (χ3n) is 3.12. The fourth-order valence-corrected chi connectivity index (χ4v) is 2.07. The van der Waals surface area contributed by atoms with Crippen LogP contribution in [-0.4, -0.2) is 33.8 Å². The molecule has 1 amide bonds. The van der Waals surface area contributed by atoms with Gasteiger partial charge in [0.15, 0.2) is 5.82 Å². The van der Waals surface area contributed by atoms with Gasteiger partial charge in [-0.1, -0.05) is 0 Å². The number of amides is 1. The molecule has 0 saturated carbocycles. The standard InChI is InChI=1S/C11H19N5O/c1-2-16-8-14-15-10(16)7-13-11(17)9-4-3-5-12-6-9/h8-9,12H,2-7H2,1H3,(H,13,17)/t9-/m0/s1. The maximum absolute atomic E-state index is 11.9. The number of nitrogens with zero attached hydrogens (tertiary/aromatic N) is 3. The number of aromatic nitrogens is 3. The highest BCUT2D eigenvalue weighted by atomic mass is 16.1. The molecule has 6 nitrogen and oxygen atoms in total. The van der Waals surface area contributed by atoms with Crippen molar-refractivity contribution in [2.24, 2.45) is 5.92 Å². The van der Waals surface area contributed by atoms with Crippen LogP contribution in [0.2, 0.25) is 0 Å². The van der Waals surface area contributed by atoms with Crippen LogP contribution in [0, 0.1) is 5.92 Å². The first-order valence-electron chi connectivity index (χ1n) is 6.16. The maximum Gasteiger partial charge on any atom is 0.224 e. The van der Waals surface area contributed by atoms with Crippen LogP contribution in [0.25, 0.3) is 0 Å². The number of carbonyl (C=O) groups is 1. The van der Waals surface area contributed by atoms with Crippen LogP contribution in [0.15, 0.2) is 6.33 Å². The minimum absolute atomic E-state index is 0.0988. The Bertz CT molecular complexity index is 370. The summed E-state index contributed by atoms with van der Waals surface area (Å²) in [5.74, 6) is 1.02. The number of hydrogen-bond donors (Lipinski definition) is 2. The molecule has 0 radical (unpaired) electrons. The highest BCUT2D eigenvalue weighted by molar-refractivity contribution is 5.78. The van der Waals surface area contributed by atoms with E-state index >= 15 is 0 Å². The first-order valence-corrected chi connectivity index (χ1v) is 6.16. The van der Waals surface area contributed by atoms with Gasteiger partial charge in [-0.3, -0.25) is 4.79 Å². The molecule has 94 valence electrons. The number of rotatable bonds is 4. The highest BCUT2D eigenvalue weighted by Gasteiger charge is 2.20. The van der Waals surface area contributed by atoms with Crippen molar-refractivity contribution in [2.45, 2.75) is 32.9 Å². The molecule has 1 aromatic heterocycles. The van der Waals surface area contributed by atoms with Gasteiger partial charge in [-0.25, -0.2) is 0 Å². The molecule has 0 bridgehead atoms. The van der Waals surface area contributed by atoms with Crippen LogP contribution in [0.5, 0.6) is 0 Å². The van der Waals surface area contributed by atoms with Gasteiger partial charge in [0.05, 0.1) is 12.5 Å². The fourth-order valence-electron chi connectivity index (χ4n) is 2.07. The van der Waals surface area contributed by atoms with Gasteiger partial charge < -0.3 is 15.2 Å². The van der Waals surface area contributed by atoms with E-state index in [2.05, 4.69) is 20.8 Å². The first-order chi connectivity index (χ1) is 8.31. The average Bonchev–Trinajstić information content (AvgIpc) is 2.84. The molecule has 0 spiro atoms. The second-order valence-electron chi connectivity index (χ2n) is 4.29. The number of nitrogens with one attached hydrogen (secondary N) is 2. The summed E-state index contributed by atoms with van der Waals surface area (Å²) in [4.78, 5) is 11.9. The average molecular weight is 237 g/mol. The fraction of sp³-hybridized carbons (Fsp3) is 0.727. The molecule has 2 heterocycles. The molecule has 1 aromatic rings. The molecule has 0 aromatic carbocycles. The monoisotopic (exact) mass is 237 g/mol. The minimum atomic E-state index is 0.0988. The number of piperidine rings is 1. The van der Waals surface area contributed by atoms with Crippen LogP contribution in [0.1, 0.15) is 25.6 Å². The van der Waals surface area contributed by atoms with Crippen molar-refractivity contribution in [3.63, 3.8) is 0 Å². The SMILES string of the molecule is CCn1cnnc1CNC(=O)[C@H]1CCCNC1. The lowest BCUT2D eigenvalue weighted by Gasteiger charge is -2.21. The van der Waals surface area contributed by atoms with Crippen LogP contribution in [0.3, 0.4) is 0 Å². The summed E-state index contributed by atoms with van der Waals surface area (Å²) in [5.41, 5.74) is 0. The Kier molecular flexibility index (Phi) is 4.08. The third kappa shape index (κ3) is 3.03. The van der Waals surface area contributed by atoms with Gasteiger partial charge in [0.1, 0.15) is 6.33 Å². The summed E-state index contributed by atoms with van der Waals surface area (Å²) in [7, 11) is 0. The first kappa shape index (κ1) is 12.0. The molecule has 17 heavy (non-hydrogen) atoms. The predicted octanol–water partition coefficient (Wildman–Crippen LogP) is -0.0862. The van der Waals surface area contributed by atoms with Crippen molar-refractivity contribution >= 4 is 5.91 Å². The van der Waals surface area contributed by atoms with Gasteiger partial charge >= 0.3 is 0 Å². The van der Waals surface area contributed by atoms with E-state index in [1.54, 1.807) is 6.33 Å². The molecular weight excluding hydrogens is 218 g/mol. The highest BCUT2D eigenvalue weighted by Crippen LogP contribution is 2.09. The Hall–Kier alpha value is -1.43. The molecule has 2 rings (SSSR count). The summed E-state index contributed by atoms with van der Waals surface area (Å²) in [6, 6.07) is 0. The Balaban J connectivity index is 1.83. The normalized spacial score (nSPS) is 20.2. The zero-order valence-corrected chi connectivity index (χ0v) is 10.1. The van der Waals surface area contributed by atoms with E-state index in [0.717, 1.165) is 38.3 Å². The van der Waals surface area contributed by atoms with Crippen molar-refractivity contribution < 1.29 is 4.79 Å². The minimum Gasteiger partial charge on any atom is -0.349 e. The number of aryl methyl sites for hydroxylation is 1. The van der Waals surface area contributed by atoms with Gasteiger partial charge in [0.2, 0.25) is 5.91 Å². The van der Waals surface area contributed by atoms with Crippen molar-refractivity contribution in [3.05, 3.63) is 12.2 Å². The summed E-state index contributed by atoms with van der Waals surface area (Å²) in [6.07, 6.45) is 3.73. The second-order valence-corrected chi connectivity index (χ2v) is 4.29. The lowest BCUT2D eigenvalue weighted by molar-refractivity contribution is -0.125. The molecule has 1 aliphatic heterocycles. The van der Waals surface area contributed by atoms with E-state index in [1.807, 2.05) is 11.5 Å². The molecule has 1 atom stereocenters. The van der Waals surface area contributed by atoms with Gasteiger partial charge in [-0.05, 0) is 26.3 Å². The Morgan fingerprint density at radius 1 is 1.71 bits per heavy atom. The quantitative estimate of drug-likeness (QED) is 0.768. The van der Waals surface area contributed by atoms with E-state index in [9.17, 15) is 4.79 Å². The van der Waals surface area contributed by atoms with Gasteiger partial charge in [0, 0.05) is 13.1 Å². The largest absolute Gasteiger partial charge is 0.349 e. The lowest BCUT2D eigenvalue weighted by Crippen LogP contribution is -2.40. The van der Waals surface area contributed by atoms with Crippen LogP contribution < -0.4 is 10.6 Å². The Labute approximate surface area is 101 Å². The molecular formula is C11H19N5O. The zero-order valence-electron chi connectivity index (χ0n) is 10.1. The van der Waals surface area contributed by atoms with E-state index in [1.165, 1.54) is 0 Å². The molecule has 1 fully saturated rings. The van der Waals surface area contributed by atoms with Crippen LogP contribution in [0.4, 0.5) is 0 Å². The van der Waals surface area contributed by atoms with Gasteiger partial charge in [-0.15, -0.1) is 10.2 Å². The van der Waals surface area contributed by atoms with Crippen molar-refractivity contribution in [1.82, 2.24) is 25.4 Å². The predicted molar refractivity (Wildman–Crippen MR) is 63.1 cm³/mol. The van der Waals surface area contributed by atoms with Gasteiger partial charge in [0.25, 0.3) is 0 Å². The molecule has 2 N–H and O–H groups in total.